The van der Waals surface area contributed by atoms with Crippen LogP contribution in [0.15, 0.2) is 52.2 Å². The standard InChI is InChI=1S/C16H16ClN3O3S/c1-11-6-7-12(10-13(11)17)24(22,23)18-8-9-20-15-5-3-2-4-14(15)19-16(20)21/h2-7,10,18H,8-9H2,1H3,(H,19,21). The van der Waals surface area contributed by atoms with Crippen LogP contribution in [-0.2, 0) is 16.6 Å². The summed E-state index contributed by atoms with van der Waals surface area (Å²) >= 11 is 5.98. The molecule has 1 aromatic heterocycles. The van der Waals surface area contributed by atoms with Gasteiger partial charge in [-0.15, -0.1) is 0 Å². The third kappa shape index (κ3) is 3.24. The van der Waals surface area contributed by atoms with E-state index in [1.54, 1.807) is 19.1 Å². The third-order valence-corrected chi connectivity index (χ3v) is 5.63. The highest BCUT2D eigenvalue weighted by molar-refractivity contribution is 7.89. The van der Waals surface area contributed by atoms with Crippen LogP contribution in [0.2, 0.25) is 5.02 Å². The molecular formula is C16H16ClN3O3S. The molecule has 0 atom stereocenters. The number of H-pyrrole nitrogens is 1. The lowest BCUT2D eigenvalue weighted by atomic mass is 10.2. The average molecular weight is 366 g/mol. The second-order valence-corrected chi connectivity index (χ2v) is 7.58. The Morgan fingerprint density at radius 2 is 1.96 bits per heavy atom. The van der Waals surface area contributed by atoms with Crippen molar-refractivity contribution in [1.29, 1.82) is 0 Å². The number of nitrogens with zero attached hydrogens (tertiary/aromatic N) is 1. The van der Waals surface area contributed by atoms with E-state index < -0.39 is 10.0 Å². The first-order chi connectivity index (χ1) is 11.4. The monoisotopic (exact) mass is 365 g/mol. The number of sulfonamides is 1. The molecule has 6 nitrogen and oxygen atoms in total. The molecule has 3 aromatic rings. The smallest absolute Gasteiger partial charge is 0.306 e. The zero-order valence-electron chi connectivity index (χ0n) is 12.9. The van der Waals surface area contributed by atoms with Crippen LogP contribution in [0.3, 0.4) is 0 Å². The summed E-state index contributed by atoms with van der Waals surface area (Å²) in [5.41, 5.74) is 1.99. The Balaban J connectivity index is 1.76. The summed E-state index contributed by atoms with van der Waals surface area (Å²) < 4.78 is 28.6. The number of aryl methyl sites for hydroxylation is 1. The highest BCUT2D eigenvalue weighted by Crippen LogP contribution is 2.19. The molecule has 0 spiro atoms. The molecule has 0 aliphatic carbocycles. The first-order valence-electron chi connectivity index (χ1n) is 7.32. The van der Waals surface area contributed by atoms with Gasteiger partial charge in [0.2, 0.25) is 10.0 Å². The number of rotatable bonds is 5. The summed E-state index contributed by atoms with van der Waals surface area (Å²) in [6.45, 7) is 2.12. The number of para-hydroxylation sites is 2. The number of hydrogen-bond donors (Lipinski definition) is 2. The van der Waals surface area contributed by atoms with Gasteiger partial charge in [0, 0.05) is 18.1 Å². The Morgan fingerprint density at radius 3 is 2.71 bits per heavy atom. The minimum atomic E-state index is -3.68. The van der Waals surface area contributed by atoms with Gasteiger partial charge >= 0.3 is 5.69 Å². The van der Waals surface area contributed by atoms with Crippen LogP contribution in [0.4, 0.5) is 0 Å². The summed E-state index contributed by atoms with van der Waals surface area (Å²) in [7, 11) is -3.68. The van der Waals surface area contributed by atoms with Crippen LogP contribution in [0, 0.1) is 6.92 Å². The lowest BCUT2D eigenvalue weighted by molar-refractivity contribution is 0.572. The number of aromatic amines is 1. The molecule has 0 amide bonds. The van der Waals surface area contributed by atoms with Gasteiger partial charge in [0.1, 0.15) is 0 Å². The van der Waals surface area contributed by atoms with E-state index in [0.29, 0.717) is 5.02 Å². The predicted octanol–water partition coefficient (Wildman–Crippen LogP) is 2.27. The molecule has 2 aromatic carbocycles. The molecule has 0 radical (unpaired) electrons. The third-order valence-electron chi connectivity index (χ3n) is 3.76. The van der Waals surface area contributed by atoms with Crippen LogP contribution >= 0.6 is 11.6 Å². The average Bonchev–Trinajstić information content (AvgIpc) is 2.86. The van der Waals surface area contributed by atoms with Gasteiger partial charge in [0.25, 0.3) is 0 Å². The lowest BCUT2D eigenvalue weighted by Crippen LogP contribution is -2.30. The number of nitrogens with one attached hydrogen (secondary N) is 2. The van der Waals surface area contributed by atoms with Crippen LogP contribution in [-0.4, -0.2) is 24.5 Å². The molecule has 0 saturated carbocycles. The van der Waals surface area contributed by atoms with Gasteiger partial charge in [-0.05, 0) is 36.8 Å². The van der Waals surface area contributed by atoms with Gasteiger partial charge in [0.05, 0.1) is 15.9 Å². The van der Waals surface area contributed by atoms with Crippen molar-refractivity contribution >= 4 is 32.7 Å². The SMILES string of the molecule is Cc1ccc(S(=O)(=O)NCCn2c(=O)[nH]c3ccccc32)cc1Cl. The molecule has 0 unspecified atom stereocenters. The Labute approximate surface area is 144 Å². The van der Waals surface area contributed by atoms with Crippen molar-refractivity contribution in [1.82, 2.24) is 14.3 Å². The second kappa shape index (κ2) is 6.43. The van der Waals surface area contributed by atoms with Gasteiger partial charge in [-0.25, -0.2) is 17.9 Å². The van der Waals surface area contributed by atoms with Crippen LogP contribution in [0.1, 0.15) is 5.56 Å². The van der Waals surface area contributed by atoms with Gasteiger partial charge in [-0.2, -0.15) is 0 Å². The van der Waals surface area contributed by atoms with E-state index in [4.69, 9.17) is 11.6 Å². The first kappa shape index (κ1) is 16.8. The van der Waals surface area contributed by atoms with E-state index in [2.05, 4.69) is 9.71 Å². The van der Waals surface area contributed by atoms with E-state index >= 15 is 0 Å². The van der Waals surface area contributed by atoms with Gasteiger partial charge in [-0.3, -0.25) is 4.57 Å². The molecule has 126 valence electrons. The highest BCUT2D eigenvalue weighted by Gasteiger charge is 2.15. The van der Waals surface area contributed by atoms with Crippen LogP contribution in [0.5, 0.6) is 0 Å². The molecule has 0 aliphatic rings. The van der Waals surface area contributed by atoms with Crippen LogP contribution in [0.25, 0.3) is 11.0 Å². The predicted molar refractivity (Wildman–Crippen MR) is 93.9 cm³/mol. The summed E-state index contributed by atoms with van der Waals surface area (Å²) in [5, 5.41) is 0.394. The number of benzene rings is 2. The number of imidazole rings is 1. The van der Waals surface area contributed by atoms with Crippen molar-refractivity contribution in [2.75, 3.05) is 6.54 Å². The number of hydrogen-bond acceptors (Lipinski definition) is 3. The molecular weight excluding hydrogens is 350 g/mol. The minimum Gasteiger partial charge on any atom is -0.306 e. The molecule has 8 heteroatoms. The fourth-order valence-corrected chi connectivity index (χ4v) is 3.74. The number of aromatic nitrogens is 2. The van der Waals surface area contributed by atoms with E-state index in [1.807, 2.05) is 18.2 Å². The lowest BCUT2D eigenvalue weighted by Gasteiger charge is -2.09. The fraction of sp³-hybridized carbons (Fsp3) is 0.188. The zero-order chi connectivity index (χ0) is 17.3. The second-order valence-electron chi connectivity index (χ2n) is 5.41. The Kier molecular flexibility index (Phi) is 4.49. The zero-order valence-corrected chi connectivity index (χ0v) is 14.5. The maximum absolute atomic E-state index is 12.3. The molecule has 1 heterocycles. The van der Waals surface area contributed by atoms with E-state index in [0.717, 1.165) is 16.6 Å². The van der Waals surface area contributed by atoms with Gasteiger partial charge in [0.15, 0.2) is 0 Å². The van der Waals surface area contributed by atoms with E-state index in [-0.39, 0.29) is 23.7 Å². The topological polar surface area (TPSA) is 84.0 Å². The highest BCUT2D eigenvalue weighted by atomic mass is 35.5. The molecule has 24 heavy (non-hydrogen) atoms. The van der Waals surface area contributed by atoms with Gasteiger partial charge < -0.3 is 4.98 Å². The molecule has 0 fully saturated rings. The van der Waals surface area contributed by atoms with Crippen molar-refractivity contribution in [3.63, 3.8) is 0 Å². The normalized spacial score (nSPS) is 11.9. The van der Waals surface area contributed by atoms with Crippen molar-refractivity contribution in [2.45, 2.75) is 18.4 Å². The molecule has 2 N–H and O–H groups in total. The van der Waals surface area contributed by atoms with Crippen LogP contribution < -0.4 is 10.4 Å². The summed E-state index contributed by atoms with van der Waals surface area (Å²) in [6, 6.07) is 11.8. The molecule has 0 saturated heterocycles. The number of halogens is 1. The summed E-state index contributed by atoms with van der Waals surface area (Å²) in [6.07, 6.45) is 0. The van der Waals surface area contributed by atoms with E-state index in [9.17, 15) is 13.2 Å². The van der Waals surface area contributed by atoms with E-state index in [1.165, 1.54) is 16.7 Å². The number of fused-ring (bicyclic) bond motifs is 1. The van der Waals surface area contributed by atoms with Crippen molar-refractivity contribution in [2.24, 2.45) is 0 Å². The molecule has 0 bridgehead atoms. The Hall–Kier alpha value is -2.09. The molecule has 0 aliphatic heterocycles. The Morgan fingerprint density at radius 1 is 1.21 bits per heavy atom. The van der Waals surface area contributed by atoms with Crippen molar-refractivity contribution in [3.8, 4) is 0 Å². The van der Waals surface area contributed by atoms with Crippen molar-refractivity contribution < 1.29 is 8.42 Å². The maximum atomic E-state index is 12.3. The van der Waals surface area contributed by atoms with Gasteiger partial charge in [-0.1, -0.05) is 29.8 Å². The Bertz CT molecular complexity index is 1050. The molecule has 3 rings (SSSR count). The summed E-state index contributed by atoms with van der Waals surface area (Å²) in [4.78, 5) is 14.8. The van der Waals surface area contributed by atoms with Crippen molar-refractivity contribution in [3.05, 3.63) is 63.5 Å². The quantitative estimate of drug-likeness (QED) is 0.727. The largest absolute Gasteiger partial charge is 0.326 e. The minimum absolute atomic E-state index is 0.0928. The first-order valence-corrected chi connectivity index (χ1v) is 9.18. The fourth-order valence-electron chi connectivity index (χ4n) is 2.44. The maximum Gasteiger partial charge on any atom is 0.326 e. The summed E-state index contributed by atoms with van der Waals surface area (Å²) in [5.74, 6) is 0.